The smallest absolute Gasteiger partial charge is 0.162 e. The van der Waals surface area contributed by atoms with Crippen LogP contribution in [0, 0.1) is 0 Å². The third kappa shape index (κ3) is 2.05. The van der Waals surface area contributed by atoms with Gasteiger partial charge in [-0.2, -0.15) is 0 Å². The maximum atomic E-state index is 5.94. The summed E-state index contributed by atoms with van der Waals surface area (Å²) in [7, 11) is 0. The van der Waals surface area contributed by atoms with E-state index in [9.17, 15) is 0 Å². The van der Waals surface area contributed by atoms with Crippen LogP contribution in [0.4, 0.5) is 0 Å². The van der Waals surface area contributed by atoms with Gasteiger partial charge in [0.2, 0.25) is 0 Å². The summed E-state index contributed by atoms with van der Waals surface area (Å²) in [5, 5.41) is 0. The highest BCUT2D eigenvalue weighted by molar-refractivity contribution is 5.41. The molecular weight excluding hydrogens is 226 g/mol. The molecular formula is C15H15NO2. The van der Waals surface area contributed by atoms with E-state index < -0.39 is 0 Å². The van der Waals surface area contributed by atoms with Crippen LogP contribution in [0.15, 0.2) is 48.5 Å². The van der Waals surface area contributed by atoms with Crippen LogP contribution < -0.4 is 15.2 Å². The van der Waals surface area contributed by atoms with Crippen LogP contribution in [-0.2, 0) is 6.54 Å². The Morgan fingerprint density at radius 3 is 2.44 bits per heavy atom. The van der Waals surface area contributed by atoms with E-state index in [2.05, 4.69) is 0 Å². The van der Waals surface area contributed by atoms with Gasteiger partial charge >= 0.3 is 0 Å². The molecule has 18 heavy (non-hydrogen) atoms. The number of hydrogen-bond acceptors (Lipinski definition) is 3. The van der Waals surface area contributed by atoms with Crippen molar-refractivity contribution in [3.05, 3.63) is 59.7 Å². The molecule has 3 rings (SSSR count). The average molecular weight is 241 g/mol. The lowest BCUT2D eigenvalue weighted by atomic mass is 10.1. The van der Waals surface area contributed by atoms with Crippen LogP contribution in [0.3, 0.4) is 0 Å². The van der Waals surface area contributed by atoms with Crippen molar-refractivity contribution in [1.82, 2.24) is 0 Å². The highest BCUT2D eigenvalue weighted by atomic mass is 16.6. The SMILES string of the molecule is NCc1ccc([C@H]2COc3ccccc3O2)cc1. The van der Waals surface area contributed by atoms with Gasteiger partial charge in [0.15, 0.2) is 17.6 Å². The molecule has 2 aromatic rings. The van der Waals surface area contributed by atoms with Crippen molar-refractivity contribution >= 4 is 0 Å². The lowest BCUT2D eigenvalue weighted by Gasteiger charge is -2.26. The van der Waals surface area contributed by atoms with Gasteiger partial charge in [-0.05, 0) is 23.3 Å². The first kappa shape index (κ1) is 11.1. The third-order valence-electron chi connectivity index (χ3n) is 3.10. The number of fused-ring (bicyclic) bond motifs is 1. The number of ether oxygens (including phenoxy) is 2. The average Bonchev–Trinajstić information content (AvgIpc) is 2.47. The van der Waals surface area contributed by atoms with Gasteiger partial charge in [0.05, 0.1) is 0 Å². The summed E-state index contributed by atoms with van der Waals surface area (Å²) in [6.45, 7) is 1.10. The molecule has 1 aliphatic rings. The normalized spacial score (nSPS) is 17.5. The van der Waals surface area contributed by atoms with Crippen LogP contribution in [0.1, 0.15) is 17.2 Å². The first-order valence-electron chi connectivity index (χ1n) is 6.04. The zero-order valence-electron chi connectivity index (χ0n) is 10.0. The largest absolute Gasteiger partial charge is 0.485 e. The van der Waals surface area contributed by atoms with Crippen molar-refractivity contribution in [3.63, 3.8) is 0 Å². The Labute approximate surface area is 106 Å². The number of hydrogen-bond donors (Lipinski definition) is 1. The summed E-state index contributed by atoms with van der Waals surface area (Å²) < 4.78 is 11.6. The quantitative estimate of drug-likeness (QED) is 0.879. The molecule has 3 heteroatoms. The van der Waals surface area contributed by atoms with Gasteiger partial charge in [-0.25, -0.2) is 0 Å². The molecule has 2 aromatic carbocycles. The molecule has 0 spiro atoms. The van der Waals surface area contributed by atoms with Crippen LogP contribution >= 0.6 is 0 Å². The van der Waals surface area contributed by atoms with Gasteiger partial charge in [-0.1, -0.05) is 36.4 Å². The Morgan fingerprint density at radius 2 is 1.72 bits per heavy atom. The molecule has 3 nitrogen and oxygen atoms in total. The maximum absolute atomic E-state index is 5.94. The zero-order valence-corrected chi connectivity index (χ0v) is 10.0. The molecule has 0 bridgehead atoms. The Bertz CT molecular complexity index is 536. The van der Waals surface area contributed by atoms with E-state index in [0.29, 0.717) is 13.2 Å². The van der Waals surface area contributed by atoms with Gasteiger partial charge in [-0.3, -0.25) is 0 Å². The van der Waals surface area contributed by atoms with Crippen molar-refractivity contribution < 1.29 is 9.47 Å². The predicted molar refractivity (Wildman–Crippen MR) is 69.6 cm³/mol. The molecule has 1 heterocycles. The van der Waals surface area contributed by atoms with Crippen molar-refractivity contribution in [2.75, 3.05) is 6.61 Å². The molecule has 0 unspecified atom stereocenters. The van der Waals surface area contributed by atoms with Gasteiger partial charge < -0.3 is 15.2 Å². The monoisotopic (exact) mass is 241 g/mol. The van der Waals surface area contributed by atoms with Gasteiger partial charge in [-0.15, -0.1) is 0 Å². The molecule has 1 aliphatic heterocycles. The Morgan fingerprint density at radius 1 is 1.00 bits per heavy atom. The molecule has 1 atom stereocenters. The number of benzene rings is 2. The van der Waals surface area contributed by atoms with Gasteiger partial charge in [0.1, 0.15) is 6.61 Å². The number of para-hydroxylation sites is 2. The fraction of sp³-hybridized carbons (Fsp3) is 0.200. The topological polar surface area (TPSA) is 44.5 Å². The number of nitrogens with two attached hydrogens (primary N) is 1. The summed E-state index contributed by atoms with van der Waals surface area (Å²) in [5.41, 5.74) is 7.82. The van der Waals surface area contributed by atoms with Crippen molar-refractivity contribution in [3.8, 4) is 11.5 Å². The van der Waals surface area contributed by atoms with E-state index >= 15 is 0 Å². The van der Waals surface area contributed by atoms with E-state index in [1.165, 1.54) is 0 Å². The Kier molecular flexibility index (Phi) is 2.90. The standard InChI is InChI=1S/C15H15NO2/c16-9-11-5-7-12(8-6-11)15-10-17-13-3-1-2-4-14(13)18-15/h1-8,15H,9-10,16H2/t15-/m1/s1. The van der Waals surface area contributed by atoms with Crippen LogP contribution in [0.2, 0.25) is 0 Å². The highest BCUT2D eigenvalue weighted by Gasteiger charge is 2.21. The van der Waals surface area contributed by atoms with E-state index in [0.717, 1.165) is 22.6 Å². The van der Waals surface area contributed by atoms with Crippen molar-refractivity contribution in [2.45, 2.75) is 12.6 Å². The molecule has 0 saturated heterocycles. The van der Waals surface area contributed by atoms with E-state index in [1.54, 1.807) is 0 Å². The first-order valence-corrected chi connectivity index (χ1v) is 6.04. The minimum Gasteiger partial charge on any atom is -0.485 e. The minimum atomic E-state index is -0.0493. The summed E-state index contributed by atoms with van der Waals surface area (Å²) in [4.78, 5) is 0. The molecule has 92 valence electrons. The first-order chi connectivity index (χ1) is 8.86. The molecule has 2 N–H and O–H groups in total. The Balaban J connectivity index is 1.82. The summed E-state index contributed by atoms with van der Waals surface area (Å²) in [6, 6.07) is 15.9. The summed E-state index contributed by atoms with van der Waals surface area (Å²) in [6.07, 6.45) is -0.0493. The van der Waals surface area contributed by atoms with Crippen LogP contribution in [0.25, 0.3) is 0 Å². The Hall–Kier alpha value is -2.00. The molecule has 0 aromatic heterocycles. The maximum Gasteiger partial charge on any atom is 0.162 e. The van der Waals surface area contributed by atoms with E-state index in [-0.39, 0.29) is 6.10 Å². The molecule has 0 aliphatic carbocycles. The van der Waals surface area contributed by atoms with Gasteiger partial charge in [0, 0.05) is 6.54 Å². The van der Waals surface area contributed by atoms with Crippen molar-refractivity contribution in [1.29, 1.82) is 0 Å². The third-order valence-corrected chi connectivity index (χ3v) is 3.10. The fourth-order valence-electron chi connectivity index (χ4n) is 2.05. The molecule has 0 saturated carbocycles. The van der Waals surface area contributed by atoms with Crippen molar-refractivity contribution in [2.24, 2.45) is 5.73 Å². The lowest BCUT2D eigenvalue weighted by Crippen LogP contribution is -2.21. The summed E-state index contributed by atoms with van der Waals surface area (Å²) >= 11 is 0. The zero-order chi connectivity index (χ0) is 12.4. The van der Waals surface area contributed by atoms with Crippen LogP contribution in [0.5, 0.6) is 11.5 Å². The lowest BCUT2D eigenvalue weighted by molar-refractivity contribution is 0.0913. The molecule has 0 fully saturated rings. The highest BCUT2D eigenvalue weighted by Crippen LogP contribution is 2.35. The summed E-state index contributed by atoms with van der Waals surface area (Å²) in [5.74, 6) is 1.61. The second-order valence-corrected chi connectivity index (χ2v) is 4.31. The van der Waals surface area contributed by atoms with Crippen LogP contribution in [-0.4, -0.2) is 6.61 Å². The van der Waals surface area contributed by atoms with E-state index in [1.807, 2.05) is 48.5 Å². The van der Waals surface area contributed by atoms with E-state index in [4.69, 9.17) is 15.2 Å². The minimum absolute atomic E-state index is 0.0493. The van der Waals surface area contributed by atoms with Gasteiger partial charge in [0.25, 0.3) is 0 Å². The second-order valence-electron chi connectivity index (χ2n) is 4.31. The fourth-order valence-corrected chi connectivity index (χ4v) is 2.05. The number of rotatable bonds is 2. The molecule has 0 amide bonds. The molecule has 0 radical (unpaired) electrons. The predicted octanol–water partition coefficient (Wildman–Crippen LogP) is 2.66. The second kappa shape index (κ2) is 4.70.